The third kappa shape index (κ3) is 5.50. The molecule has 6 rings (SSSR count). The highest BCUT2D eigenvalue weighted by atomic mass is 35.5. The number of ether oxygens (including phenoxy) is 3. The molecule has 5 heterocycles. The number of piperazine rings is 1. The SMILES string of the molecule is CN1CCN(C2CCN(c3ccc(Nc4ncc(Cl)c(O[C@@H]5CO[C@H]6[C@@H]5OC[C@H]6O)n4)cc3)CC2)CC1. The molecule has 4 saturated heterocycles. The second kappa shape index (κ2) is 10.9. The average molecular weight is 531 g/mol. The number of benzene rings is 1. The van der Waals surface area contributed by atoms with Crippen molar-refractivity contribution in [1.29, 1.82) is 0 Å². The molecule has 1 aromatic carbocycles. The van der Waals surface area contributed by atoms with Crippen LogP contribution in [0.25, 0.3) is 0 Å². The number of aliphatic hydroxyl groups is 1. The summed E-state index contributed by atoms with van der Waals surface area (Å²) in [5.41, 5.74) is 2.12. The van der Waals surface area contributed by atoms with Gasteiger partial charge in [0, 0.05) is 56.7 Å². The molecule has 10 nitrogen and oxygen atoms in total. The maximum absolute atomic E-state index is 9.95. The Labute approximate surface area is 222 Å². The van der Waals surface area contributed by atoms with E-state index in [9.17, 15) is 5.11 Å². The summed E-state index contributed by atoms with van der Waals surface area (Å²) in [6, 6.07) is 9.08. The quantitative estimate of drug-likeness (QED) is 0.577. The van der Waals surface area contributed by atoms with Crippen LogP contribution >= 0.6 is 11.6 Å². The lowest BCUT2D eigenvalue weighted by Gasteiger charge is -2.42. The van der Waals surface area contributed by atoms with Crippen molar-refractivity contribution in [2.75, 3.05) is 69.7 Å². The van der Waals surface area contributed by atoms with Gasteiger partial charge in [0.15, 0.2) is 6.10 Å². The second-order valence-corrected chi connectivity index (χ2v) is 10.8. The van der Waals surface area contributed by atoms with E-state index >= 15 is 0 Å². The van der Waals surface area contributed by atoms with Crippen molar-refractivity contribution in [3.05, 3.63) is 35.5 Å². The molecule has 37 heavy (non-hydrogen) atoms. The van der Waals surface area contributed by atoms with Gasteiger partial charge in [0.1, 0.15) is 23.3 Å². The molecule has 2 aromatic rings. The highest BCUT2D eigenvalue weighted by Crippen LogP contribution is 2.32. The number of halogens is 1. The van der Waals surface area contributed by atoms with Gasteiger partial charge in [0.05, 0.1) is 19.4 Å². The van der Waals surface area contributed by atoms with Gasteiger partial charge in [0.25, 0.3) is 0 Å². The van der Waals surface area contributed by atoms with Gasteiger partial charge in [-0.05, 0) is 44.2 Å². The van der Waals surface area contributed by atoms with Crippen LogP contribution in [-0.2, 0) is 9.47 Å². The van der Waals surface area contributed by atoms with Crippen molar-refractivity contribution >= 4 is 28.9 Å². The number of aliphatic hydroxyl groups excluding tert-OH is 1. The van der Waals surface area contributed by atoms with E-state index in [2.05, 4.69) is 49.2 Å². The van der Waals surface area contributed by atoms with E-state index in [4.69, 9.17) is 25.8 Å². The minimum absolute atomic E-state index is 0.240. The van der Waals surface area contributed by atoms with Gasteiger partial charge in [-0.15, -0.1) is 0 Å². The Hall–Kier alpha value is -2.21. The number of likely N-dealkylation sites (N-methyl/N-ethyl adjacent to an activating group) is 1. The van der Waals surface area contributed by atoms with Crippen molar-refractivity contribution in [1.82, 2.24) is 19.8 Å². The molecule has 0 bridgehead atoms. The summed E-state index contributed by atoms with van der Waals surface area (Å²) in [5.74, 6) is 0.654. The molecule has 1 aromatic heterocycles. The van der Waals surface area contributed by atoms with E-state index in [0.717, 1.165) is 18.8 Å². The zero-order chi connectivity index (χ0) is 25.4. The Balaban J connectivity index is 1.04. The van der Waals surface area contributed by atoms with Crippen molar-refractivity contribution in [3.8, 4) is 5.88 Å². The second-order valence-electron chi connectivity index (χ2n) is 10.4. The summed E-state index contributed by atoms with van der Waals surface area (Å²) in [5, 5.41) is 13.5. The van der Waals surface area contributed by atoms with Crippen molar-refractivity contribution in [3.63, 3.8) is 0 Å². The third-order valence-electron chi connectivity index (χ3n) is 7.96. The minimum atomic E-state index is -0.636. The molecule has 4 aliphatic heterocycles. The number of rotatable bonds is 6. The summed E-state index contributed by atoms with van der Waals surface area (Å²) in [4.78, 5) is 16.3. The molecule has 0 unspecified atom stereocenters. The molecule has 0 amide bonds. The molecule has 0 spiro atoms. The number of fused-ring (bicyclic) bond motifs is 1. The fourth-order valence-electron chi connectivity index (χ4n) is 5.74. The van der Waals surface area contributed by atoms with E-state index in [0.29, 0.717) is 23.6 Å². The van der Waals surface area contributed by atoms with Gasteiger partial charge in [0.2, 0.25) is 11.8 Å². The van der Waals surface area contributed by atoms with Gasteiger partial charge in [-0.25, -0.2) is 4.98 Å². The van der Waals surface area contributed by atoms with E-state index in [1.165, 1.54) is 50.9 Å². The van der Waals surface area contributed by atoms with Crippen molar-refractivity contribution in [2.24, 2.45) is 0 Å². The first-order valence-corrected chi connectivity index (χ1v) is 13.6. The van der Waals surface area contributed by atoms with Gasteiger partial charge in [-0.2, -0.15) is 4.98 Å². The third-order valence-corrected chi connectivity index (χ3v) is 8.22. The predicted octanol–water partition coefficient (Wildman–Crippen LogP) is 2.00. The standard InChI is InChI=1S/C26H35ClN6O4/c1-31-10-12-33(13-11-31)19-6-8-32(9-7-19)18-4-2-17(3-5-18)29-26-28-14-20(27)25(30-26)37-22-16-36-23-21(34)15-35-24(22)23/h2-5,14,19,21-24,34H,6-13,15-16H2,1H3,(H,28,29,30)/t21-,22-,23-,24-/m1/s1. The maximum Gasteiger partial charge on any atom is 0.237 e. The first-order chi connectivity index (χ1) is 18.0. The highest BCUT2D eigenvalue weighted by molar-refractivity contribution is 6.31. The number of hydrogen-bond donors (Lipinski definition) is 2. The van der Waals surface area contributed by atoms with E-state index in [1.54, 1.807) is 0 Å². The summed E-state index contributed by atoms with van der Waals surface area (Å²) >= 11 is 6.30. The molecule has 0 aliphatic carbocycles. The Morgan fingerprint density at radius 2 is 1.73 bits per heavy atom. The number of nitrogens with one attached hydrogen (secondary N) is 1. The smallest absolute Gasteiger partial charge is 0.237 e. The molecule has 2 N–H and O–H groups in total. The van der Waals surface area contributed by atoms with Crippen LogP contribution in [0.4, 0.5) is 17.3 Å². The van der Waals surface area contributed by atoms with Crippen molar-refractivity contribution in [2.45, 2.75) is 43.3 Å². The fraction of sp³-hybridized carbons (Fsp3) is 0.615. The van der Waals surface area contributed by atoms with E-state index in [1.807, 2.05) is 12.1 Å². The van der Waals surface area contributed by atoms with Crippen LogP contribution < -0.4 is 15.0 Å². The number of aromatic nitrogens is 2. The minimum Gasteiger partial charge on any atom is -0.468 e. The van der Waals surface area contributed by atoms with E-state index in [-0.39, 0.29) is 30.8 Å². The Kier molecular flexibility index (Phi) is 7.38. The van der Waals surface area contributed by atoms with Crippen LogP contribution in [0.5, 0.6) is 5.88 Å². The molecule has 0 saturated carbocycles. The van der Waals surface area contributed by atoms with Crippen LogP contribution in [-0.4, -0.2) is 115 Å². The Bertz CT molecular complexity index is 1060. The van der Waals surface area contributed by atoms with Crippen LogP contribution in [0.1, 0.15) is 12.8 Å². The van der Waals surface area contributed by atoms with Gasteiger partial charge < -0.3 is 34.4 Å². The zero-order valence-corrected chi connectivity index (χ0v) is 21.9. The summed E-state index contributed by atoms with van der Waals surface area (Å²) < 4.78 is 17.3. The molecule has 4 aliphatic rings. The number of hydrogen-bond acceptors (Lipinski definition) is 10. The summed E-state index contributed by atoms with van der Waals surface area (Å²) in [6.45, 7) is 7.44. The zero-order valence-electron chi connectivity index (χ0n) is 21.1. The van der Waals surface area contributed by atoms with Crippen LogP contribution in [0.2, 0.25) is 5.02 Å². The maximum atomic E-state index is 9.95. The van der Waals surface area contributed by atoms with Crippen LogP contribution in [0.3, 0.4) is 0 Å². The average Bonchev–Trinajstić information content (AvgIpc) is 3.50. The lowest BCUT2D eigenvalue weighted by molar-refractivity contribution is 0.00782. The summed E-state index contributed by atoms with van der Waals surface area (Å²) in [6.07, 6.45) is 2.20. The Morgan fingerprint density at radius 3 is 2.49 bits per heavy atom. The molecule has 4 atom stereocenters. The lowest BCUT2D eigenvalue weighted by Crippen LogP contribution is -2.52. The first-order valence-electron chi connectivity index (χ1n) is 13.2. The highest BCUT2D eigenvalue weighted by Gasteiger charge is 2.48. The number of nitrogens with zero attached hydrogens (tertiary/aromatic N) is 5. The molecular weight excluding hydrogens is 496 g/mol. The fourth-order valence-corrected chi connectivity index (χ4v) is 5.88. The van der Waals surface area contributed by atoms with Gasteiger partial charge in [-0.1, -0.05) is 11.6 Å². The number of piperidine rings is 1. The predicted molar refractivity (Wildman–Crippen MR) is 141 cm³/mol. The largest absolute Gasteiger partial charge is 0.468 e. The van der Waals surface area contributed by atoms with Gasteiger partial charge >= 0.3 is 0 Å². The monoisotopic (exact) mass is 530 g/mol. The molecule has 4 fully saturated rings. The molecular formula is C26H35ClN6O4. The molecule has 11 heteroatoms. The van der Waals surface area contributed by atoms with Crippen molar-refractivity contribution < 1.29 is 19.3 Å². The first kappa shape index (κ1) is 25.1. The van der Waals surface area contributed by atoms with Crippen LogP contribution in [0.15, 0.2) is 30.5 Å². The number of anilines is 3. The van der Waals surface area contributed by atoms with Gasteiger partial charge in [-0.3, -0.25) is 4.90 Å². The molecule has 200 valence electrons. The lowest BCUT2D eigenvalue weighted by atomic mass is 10.0. The normalized spacial score (nSPS) is 29.4. The topological polar surface area (TPSA) is 95.5 Å². The van der Waals surface area contributed by atoms with Crippen LogP contribution in [0, 0.1) is 0 Å². The van der Waals surface area contributed by atoms with E-state index < -0.39 is 6.10 Å². The molecule has 0 radical (unpaired) electrons. The Morgan fingerprint density at radius 1 is 1.00 bits per heavy atom. The summed E-state index contributed by atoms with van der Waals surface area (Å²) in [7, 11) is 2.21.